The fraction of sp³-hybridized carbons (Fsp3) is 0.188. The number of anilines is 2. The summed E-state index contributed by atoms with van der Waals surface area (Å²) in [6.07, 6.45) is 0. The van der Waals surface area contributed by atoms with Crippen molar-refractivity contribution in [2.75, 3.05) is 10.6 Å². The minimum absolute atomic E-state index is 0.227. The molecule has 0 spiro atoms. The van der Waals surface area contributed by atoms with Gasteiger partial charge in [-0.3, -0.25) is 5.32 Å². The van der Waals surface area contributed by atoms with Gasteiger partial charge in [-0.15, -0.1) is 11.3 Å². The Labute approximate surface area is 127 Å². The van der Waals surface area contributed by atoms with Crippen molar-refractivity contribution < 1.29 is 4.79 Å². The van der Waals surface area contributed by atoms with Crippen LogP contribution in [0.5, 0.6) is 0 Å². The number of aromatic nitrogens is 1. The van der Waals surface area contributed by atoms with Crippen LogP contribution < -0.4 is 10.6 Å². The van der Waals surface area contributed by atoms with E-state index < -0.39 is 0 Å². The molecule has 0 bridgehead atoms. The number of aryl methyl sites for hydroxylation is 3. The Bertz CT molecular complexity index is 816. The highest BCUT2D eigenvalue weighted by atomic mass is 32.1. The third kappa shape index (κ3) is 2.64. The monoisotopic (exact) mass is 299 g/mol. The topological polar surface area (TPSA) is 46.1 Å². The minimum atomic E-state index is -0.227. The second-order valence-corrected chi connectivity index (χ2v) is 6.10. The molecular formula is C16H17N3OS. The lowest BCUT2D eigenvalue weighted by Crippen LogP contribution is -2.21. The average molecular weight is 299 g/mol. The zero-order chi connectivity index (χ0) is 15.0. The number of nitrogens with one attached hydrogen (secondary N) is 2. The van der Waals surface area contributed by atoms with E-state index in [4.69, 9.17) is 0 Å². The number of benzene rings is 1. The van der Waals surface area contributed by atoms with Crippen LogP contribution in [0.3, 0.4) is 0 Å². The van der Waals surface area contributed by atoms with Crippen molar-refractivity contribution in [2.45, 2.75) is 13.8 Å². The van der Waals surface area contributed by atoms with Gasteiger partial charge < -0.3 is 9.88 Å². The van der Waals surface area contributed by atoms with Crippen LogP contribution in [0.2, 0.25) is 0 Å². The standard InChI is InChI=1S/C16H17N3OS/c1-10-4-5-12(11(2)8-10)17-16(20)18-15-9-14-13(19(15)3)6-7-21-14/h4-9H,1-3H3,(H2,17,18,20). The second kappa shape index (κ2) is 5.26. The van der Waals surface area contributed by atoms with E-state index >= 15 is 0 Å². The number of rotatable bonds is 2. The number of amides is 2. The first-order valence-corrected chi connectivity index (χ1v) is 7.61. The van der Waals surface area contributed by atoms with Gasteiger partial charge in [-0.25, -0.2) is 4.79 Å². The first-order chi connectivity index (χ1) is 10.0. The van der Waals surface area contributed by atoms with Crippen LogP contribution in [0.4, 0.5) is 16.3 Å². The molecule has 0 radical (unpaired) electrons. The summed E-state index contributed by atoms with van der Waals surface area (Å²) in [6.45, 7) is 4.02. The molecule has 0 saturated heterocycles. The Kier molecular flexibility index (Phi) is 3.43. The van der Waals surface area contributed by atoms with Crippen LogP contribution in [0.25, 0.3) is 10.2 Å². The molecule has 108 valence electrons. The first-order valence-electron chi connectivity index (χ1n) is 6.73. The summed E-state index contributed by atoms with van der Waals surface area (Å²) in [4.78, 5) is 12.1. The fourth-order valence-electron chi connectivity index (χ4n) is 2.39. The number of thiophene rings is 1. The molecule has 3 aromatic rings. The van der Waals surface area contributed by atoms with Gasteiger partial charge in [-0.05, 0) is 43.0 Å². The summed E-state index contributed by atoms with van der Waals surface area (Å²) in [6, 6.07) is 9.77. The van der Waals surface area contributed by atoms with Gasteiger partial charge in [0, 0.05) is 12.7 Å². The number of hydrogen-bond donors (Lipinski definition) is 2. The molecule has 0 unspecified atom stereocenters. The van der Waals surface area contributed by atoms with Crippen molar-refractivity contribution in [2.24, 2.45) is 7.05 Å². The molecule has 0 aliphatic heterocycles. The van der Waals surface area contributed by atoms with Crippen molar-refractivity contribution in [1.29, 1.82) is 0 Å². The van der Waals surface area contributed by atoms with E-state index in [2.05, 4.69) is 10.6 Å². The Morgan fingerprint density at radius 3 is 2.67 bits per heavy atom. The van der Waals surface area contributed by atoms with Crippen molar-refractivity contribution in [3.05, 3.63) is 46.8 Å². The quantitative estimate of drug-likeness (QED) is 0.719. The third-order valence-corrected chi connectivity index (χ3v) is 4.39. The minimum Gasteiger partial charge on any atom is -0.330 e. The van der Waals surface area contributed by atoms with E-state index in [0.717, 1.165) is 22.6 Å². The summed E-state index contributed by atoms with van der Waals surface area (Å²) in [5.41, 5.74) is 4.19. The van der Waals surface area contributed by atoms with E-state index in [0.29, 0.717) is 0 Å². The number of hydrogen-bond acceptors (Lipinski definition) is 2. The van der Waals surface area contributed by atoms with Crippen molar-refractivity contribution >= 4 is 39.1 Å². The fourth-order valence-corrected chi connectivity index (χ4v) is 3.24. The van der Waals surface area contributed by atoms with Gasteiger partial charge in [0.2, 0.25) is 0 Å². The predicted octanol–water partition coefficient (Wildman–Crippen LogP) is 4.50. The summed E-state index contributed by atoms with van der Waals surface area (Å²) in [5.74, 6) is 0.791. The number of fused-ring (bicyclic) bond motifs is 1. The average Bonchev–Trinajstić information content (AvgIpc) is 2.98. The maximum Gasteiger partial charge on any atom is 0.324 e. The zero-order valence-electron chi connectivity index (χ0n) is 12.2. The maximum absolute atomic E-state index is 12.1. The van der Waals surface area contributed by atoms with Crippen LogP contribution in [-0.2, 0) is 7.05 Å². The summed E-state index contributed by atoms with van der Waals surface area (Å²) >= 11 is 1.66. The van der Waals surface area contributed by atoms with Crippen LogP contribution >= 0.6 is 11.3 Å². The van der Waals surface area contributed by atoms with Gasteiger partial charge in [0.05, 0.1) is 10.2 Å². The highest BCUT2D eigenvalue weighted by molar-refractivity contribution is 7.17. The van der Waals surface area contributed by atoms with Gasteiger partial charge in [-0.2, -0.15) is 0 Å². The van der Waals surface area contributed by atoms with Gasteiger partial charge in [-0.1, -0.05) is 17.7 Å². The van der Waals surface area contributed by atoms with Crippen molar-refractivity contribution in [3.63, 3.8) is 0 Å². The van der Waals surface area contributed by atoms with E-state index in [9.17, 15) is 4.79 Å². The Morgan fingerprint density at radius 2 is 1.95 bits per heavy atom. The van der Waals surface area contributed by atoms with Gasteiger partial charge in [0.15, 0.2) is 0 Å². The third-order valence-electron chi connectivity index (χ3n) is 3.54. The molecule has 2 aromatic heterocycles. The molecule has 4 nitrogen and oxygen atoms in total. The van der Waals surface area contributed by atoms with E-state index in [1.807, 2.05) is 61.2 Å². The number of carbonyl (C=O) groups excluding carboxylic acids is 1. The molecule has 2 heterocycles. The highest BCUT2D eigenvalue weighted by Gasteiger charge is 2.10. The summed E-state index contributed by atoms with van der Waals surface area (Å²) < 4.78 is 3.15. The summed E-state index contributed by atoms with van der Waals surface area (Å²) in [5, 5.41) is 7.83. The predicted molar refractivity (Wildman–Crippen MR) is 89.4 cm³/mol. The zero-order valence-corrected chi connectivity index (χ0v) is 13.0. The smallest absolute Gasteiger partial charge is 0.324 e. The normalized spacial score (nSPS) is 10.8. The van der Waals surface area contributed by atoms with Crippen LogP contribution in [0.1, 0.15) is 11.1 Å². The van der Waals surface area contributed by atoms with Crippen LogP contribution in [0, 0.1) is 13.8 Å². The molecule has 3 rings (SSSR count). The molecule has 0 saturated carbocycles. The van der Waals surface area contributed by atoms with Gasteiger partial charge in [0.25, 0.3) is 0 Å². The molecule has 21 heavy (non-hydrogen) atoms. The Morgan fingerprint density at radius 1 is 1.14 bits per heavy atom. The lowest BCUT2D eigenvalue weighted by molar-refractivity contribution is 0.262. The number of urea groups is 1. The largest absolute Gasteiger partial charge is 0.330 e. The van der Waals surface area contributed by atoms with E-state index in [-0.39, 0.29) is 6.03 Å². The maximum atomic E-state index is 12.1. The Balaban J connectivity index is 1.77. The van der Waals surface area contributed by atoms with Gasteiger partial charge in [0.1, 0.15) is 5.82 Å². The Hall–Kier alpha value is -2.27. The second-order valence-electron chi connectivity index (χ2n) is 5.16. The molecular weight excluding hydrogens is 282 g/mol. The first kappa shape index (κ1) is 13.7. The van der Waals surface area contributed by atoms with Crippen molar-refractivity contribution in [1.82, 2.24) is 4.57 Å². The van der Waals surface area contributed by atoms with E-state index in [1.165, 1.54) is 10.3 Å². The van der Waals surface area contributed by atoms with Crippen LogP contribution in [-0.4, -0.2) is 10.6 Å². The molecule has 2 amide bonds. The van der Waals surface area contributed by atoms with Crippen LogP contribution in [0.15, 0.2) is 35.7 Å². The lowest BCUT2D eigenvalue weighted by atomic mass is 10.1. The number of carbonyl (C=O) groups is 1. The molecule has 0 atom stereocenters. The molecule has 0 fully saturated rings. The molecule has 0 aliphatic carbocycles. The number of nitrogens with zero attached hydrogens (tertiary/aromatic N) is 1. The molecule has 5 heteroatoms. The highest BCUT2D eigenvalue weighted by Crippen LogP contribution is 2.27. The van der Waals surface area contributed by atoms with Gasteiger partial charge >= 0.3 is 6.03 Å². The SMILES string of the molecule is Cc1ccc(NC(=O)Nc2cc3sccc3n2C)c(C)c1. The van der Waals surface area contributed by atoms with Crippen molar-refractivity contribution in [3.8, 4) is 0 Å². The van der Waals surface area contributed by atoms with E-state index in [1.54, 1.807) is 11.3 Å². The molecule has 1 aromatic carbocycles. The molecule has 2 N–H and O–H groups in total. The summed E-state index contributed by atoms with van der Waals surface area (Å²) in [7, 11) is 1.95. The molecule has 0 aliphatic rings. The lowest BCUT2D eigenvalue weighted by Gasteiger charge is -2.11.